The Balaban J connectivity index is 1.70. The normalized spacial score (nSPS) is 42.9. The topological polar surface area (TPSA) is 43.4 Å². The Hall–Kier alpha value is -1.53. The highest BCUT2D eigenvalue weighted by Crippen LogP contribution is 2.65. The van der Waals surface area contributed by atoms with Gasteiger partial charge < -0.3 is 4.74 Å². The van der Waals surface area contributed by atoms with Crippen LogP contribution in [0.25, 0.3) is 0 Å². The molecule has 29 heavy (non-hydrogen) atoms. The maximum absolute atomic E-state index is 12.5. The largest absolute Gasteiger partial charge is 0.441 e. The first kappa shape index (κ1) is 20.7. The van der Waals surface area contributed by atoms with Crippen LogP contribution in [0.4, 0.5) is 0 Å². The van der Waals surface area contributed by atoms with E-state index in [2.05, 4.69) is 18.9 Å². The number of halogens is 1. The summed E-state index contributed by atoms with van der Waals surface area (Å²) in [6.07, 6.45) is 18.4. The fourth-order valence-electron chi connectivity index (χ4n) is 6.93. The molecule has 0 unspecified atom stereocenters. The summed E-state index contributed by atoms with van der Waals surface area (Å²) in [4.78, 5) is 24.4. The van der Waals surface area contributed by atoms with Crippen molar-refractivity contribution in [3.63, 3.8) is 0 Å². The van der Waals surface area contributed by atoms with Gasteiger partial charge in [-0.1, -0.05) is 31.4 Å². The number of carbonyl (C=O) groups excluding carboxylic acids is 2. The fourth-order valence-corrected chi connectivity index (χ4v) is 7.56. The van der Waals surface area contributed by atoms with E-state index >= 15 is 0 Å². The van der Waals surface area contributed by atoms with Crippen LogP contribution < -0.4 is 0 Å². The molecular weight excluding hydrogens is 384 g/mol. The van der Waals surface area contributed by atoms with Crippen LogP contribution in [0.1, 0.15) is 65.2 Å². The van der Waals surface area contributed by atoms with Gasteiger partial charge in [-0.05, 0) is 74.3 Å². The zero-order chi connectivity index (χ0) is 20.8. The molecule has 2 fully saturated rings. The number of ketones is 1. The van der Waals surface area contributed by atoms with Crippen molar-refractivity contribution in [2.45, 2.75) is 76.2 Å². The summed E-state index contributed by atoms with van der Waals surface area (Å²) >= 11 is 7.11. The molecule has 156 valence electrons. The summed E-state index contributed by atoms with van der Waals surface area (Å²) < 4.78 is 6.02. The zero-order valence-corrected chi connectivity index (χ0v) is 18.2. The van der Waals surface area contributed by atoms with Crippen molar-refractivity contribution < 1.29 is 14.3 Å². The minimum Gasteiger partial charge on any atom is -0.441 e. The SMILES string of the molecule is C#C[C@]1(OC(=O)CCC)C=C[C@H]2[C@@H]3CCC4=CC(=O)CC[C@@H]4[C@H]3[C@@H](Cl)C[C@@]21CC. The van der Waals surface area contributed by atoms with Crippen molar-refractivity contribution >= 4 is 23.4 Å². The summed E-state index contributed by atoms with van der Waals surface area (Å²) in [5.41, 5.74) is -0.0448. The molecule has 0 spiro atoms. The van der Waals surface area contributed by atoms with Crippen molar-refractivity contribution in [2.75, 3.05) is 0 Å². The number of esters is 1. The quantitative estimate of drug-likeness (QED) is 0.274. The third-order valence-corrected chi connectivity index (χ3v) is 8.62. The number of hydrogen-bond donors (Lipinski definition) is 0. The Kier molecular flexibility index (Phi) is 5.45. The van der Waals surface area contributed by atoms with Gasteiger partial charge in [0.25, 0.3) is 0 Å². The molecule has 0 saturated heterocycles. The van der Waals surface area contributed by atoms with E-state index in [9.17, 15) is 9.59 Å². The molecule has 7 atom stereocenters. The molecule has 0 amide bonds. The van der Waals surface area contributed by atoms with Crippen molar-refractivity contribution in [2.24, 2.45) is 29.1 Å². The Morgan fingerprint density at radius 2 is 2.14 bits per heavy atom. The number of hydrogen-bond acceptors (Lipinski definition) is 3. The third-order valence-electron chi connectivity index (χ3n) is 8.18. The number of carbonyl (C=O) groups is 2. The summed E-state index contributed by atoms with van der Waals surface area (Å²) in [5.74, 6) is 4.36. The average Bonchev–Trinajstić information content (AvgIpc) is 3.02. The van der Waals surface area contributed by atoms with Crippen molar-refractivity contribution in [1.82, 2.24) is 0 Å². The predicted molar refractivity (Wildman–Crippen MR) is 114 cm³/mol. The molecule has 0 aromatic heterocycles. The molecule has 4 rings (SSSR count). The van der Waals surface area contributed by atoms with Crippen LogP contribution in [-0.2, 0) is 14.3 Å². The van der Waals surface area contributed by atoms with Gasteiger partial charge >= 0.3 is 5.97 Å². The molecule has 0 bridgehead atoms. The molecule has 4 heteroatoms. The van der Waals surface area contributed by atoms with Crippen LogP contribution in [0.15, 0.2) is 23.8 Å². The zero-order valence-electron chi connectivity index (χ0n) is 17.5. The van der Waals surface area contributed by atoms with E-state index in [1.807, 2.05) is 19.1 Å². The van der Waals surface area contributed by atoms with Gasteiger partial charge in [0.05, 0.1) is 0 Å². The van der Waals surface area contributed by atoms with Crippen molar-refractivity contribution in [1.29, 1.82) is 0 Å². The lowest BCUT2D eigenvalue weighted by Gasteiger charge is -2.58. The van der Waals surface area contributed by atoms with Gasteiger partial charge in [0.1, 0.15) is 0 Å². The molecule has 0 aromatic rings. The molecule has 0 heterocycles. The number of alkyl halides is 1. The van der Waals surface area contributed by atoms with Crippen LogP contribution in [0.5, 0.6) is 0 Å². The monoisotopic (exact) mass is 414 g/mol. The molecule has 0 N–H and O–H groups in total. The van der Waals surface area contributed by atoms with Gasteiger partial charge in [0, 0.05) is 23.6 Å². The van der Waals surface area contributed by atoms with E-state index in [1.165, 1.54) is 5.57 Å². The second-order valence-electron chi connectivity index (χ2n) is 9.33. The van der Waals surface area contributed by atoms with E-state index in [4.69, 9.17) is 22.8 Å². The number of rotatable bonds is 4. The highest BCUT2D eigenvalue weighted by molar-refractivity contribution is 6.21. The first-order valence-corrected chi connectivity index (χ1v) is 11.6. The van der Waals surface area contributed by atoms with Crippen LogP contribution in [0.3, 0.4) is 0 Å². The Bertz CT molecular complexity index is 805. The second-order valence-corrected chi connectivity index (χ2v) is 9.89. The summed E-state index contributed by atoms with van der Waals surface area (Å²) in [6, 6.07) is 0. The van der Waals surface area contributed by atoms with E-state index in [0.717, 1.165) is 38.5 Å². The maximum Gasteiger partial charge on any atom is 0.307 e. The van der Waals surface area contributed by atoms with E-state index in [1.54, 1.807) is 0 Å². The Labute approximate surface area is 179 Å². The van der Waals surface area contributed by atoms with Gasteiger partial charge in [0.15, 0.2) is 11.4 Å². The Morgan fingerprint density at radius 3 is 2.83 bits per heavy atom. The van der Waals surface area contributed by atoms with Gasteiger partial charge in [-0.3, -0.25) is 9.59 Å². The number of ether oxygens (including phenoxy) is 1. The Morgan fingerprint density at radius 1 is 1.34 bits per heavy atom. The molecule has 3 nitrogen and oxygen atoms in total. The van der Waals surface area contributed by atoms with Crippen LogP contribution in [0.2, 0.25) is 0 Å². The molecule has 4 aliphatic rings. The minimum absolute atomic E-state index is 0.0318. The minimum atomic E-state index is -1.00. The fraction of sp³-hybridized carbons (Fsp3) is 0.680. The smallest absolute Gasteiger partial charge is 0.307 e. The molecule has 0 aliphatic heterocycles. The summed E-state index contributed by atoms with van der Waals surface area (Å²) in [5, 5.41) is -0.0318. The standard InChI is InChI=1S/C25H31ClO3/c1-4-7-22(28)29-25(6-3)13-12-20-19-10-8-16-14-17(27)9-11-18(16)23(19)21(26)15-24(20,25)5-2/h3,12-14,18-21,23H,4-5,7-11,15H2,1-2H3/t18-,19-,20-,21-,23+,24-,25-/m0/s1. The highest BCUT2D eigenvalue weighted by atomic mass is 35.5. The maximum atomic E-state index is 12.5. The first-order chi connectivity index (χ1) is 13.9. The van der Waals surface area contributed by atoms with Crippen molar-refractivity contribution in [3.05, 3.63) is 23.8 Å². The second kappa shape index (κ2) is 7.62. The van der Waals surface area contributed by atoms with Crippen LogP contribution in [-0.4, -0.2) is 22.7 Å². The third kappa shape index (κ3) is 3.02. The van der Waals surface area contributed by atoms with Gasteiger partial charge in [-0.25, -0.2) is 0 Å². The molecular formula is C25H31ClO3. The van der Waals surface area contributed by atoms with Crippen LogP contribution in [0, 0.1) is 41.4 Å². The van der Waals surface area contributed by atoms with Gasteiger partial charge in [-0.2, -0.15) is 0 Å². The number of allylic oxidation sites excluding steroid dienone is 3. The van der Waals surface area contributed by atoms with E-state index < -0.39 is 5.60 Å². The van der Waals surface area contributed by atoms with Gasteiger partial charge in [0.2, 0.25) is 0 Å². The lowest BCUT2D eigenvalue weighted by molar-refractivity contribution is -0.168. The first-order valence-electron chi connectivity index (χ1n) is 11.2. The van der Waals surface area contributed by atoms with Crippen LogP contribution >= 0.6 is 11.6 Å². The van der Waals surface area contributed by atoms with E-state index in [0.29, 0.717) is 30.6 Å². The molecule has 4 aliphatic carbocycles. The molecule has 0 aromatic carbocycles. The van der Waals surface area contributed by atoms with E-state index in [-0.39, 0.29) is 28.5 Å². The summed E-state index contributed by atoms with van der Waals surface area (Å²) in [6.45, 7) is 4.12. The van der Waals surface area contributed by atoms with Crippen molar-refractivity contribution in [3.8, 4) is 12.3 Å². The molecule has 2 saturated carbocycles. The summed E-state index contributed by atoms with van der Waals surface area (Å²) in [7, 11) is 0. The lowest BCUT2D eigenvalue weighted by atomic mass is 9.49. The highest BCUT2D eigenvalue weighted by Gasteiger charge is 2.65. The number of fused-ring (bicyclic) bond motifs is 5. The van der Waals surface area contributed by atoms with Gasteiger partial charge in [-0.15, -0.1) is 18.0 Å². The number of terminal acetylenes is 1. The predicted octanol–water partition coefficient (Wildman–Crippen LogP) is 5.23. The average molecular weight is 415 g/mol. The lowest BCUT2D eigenvalue weighted by Crippen LogP contribution is -2.58. The molecule has 0 radical (unpaired) electrons.